The van der Waals surface area contributed by atoms with Gasteiger partial charge in [0.25, 0.3) is 0 Å². The van der Waals surface area contributed by atoms with E-state index in [4.69, 9.17) is 9.72 Å². The molecular weight excluding hydrogens is 380 g/mol. The van der Waals surface area contributed by atoms with Gasteiger partial charge in [0.15, 0.2) is 0 Å². The lowest BCUT2D eigenvalue weighted by molar-refractivity contribution is -0.118. The third-order valence-electron chi connectivity index (χ3n) is 3.96. The molecule has 0 bridgehead atoms. The van der Waals surface area contributed by atoms with Crippen molar-refractivity contribution in [2.24, 2.45) is 0 Å². The number of benzene rings is 2. The molecule has 1 amide bonds. The topological polar surface area (TPSA) is 51.2 Å². The van der Waals surface area contributed by atoms with Gasteiger partial charge >= 0.3 is 0 Å². The van der Waals surface area contributed by atoms with Gasteiger partial charge in [0.05, 0.1) is 17.9 Å². The van der Waals surface area contributed by atoms with Gasteiger partial charge in [-0.3, -0.25) is 4.79 Å². The lowest BCUT2D eigenvalue weighted by atomic mass is 10.1. The minimum absolute atomic E-state index is 0. The lowest BCUT2D eigenvalue weighted by Gasteiger charge is -2.07. The van der Waals surface area contributed by atoms with E-state index in [1.807, 2.05) is 31.2 Å². The molecule has 0 aliphatic rings. The zero-order chi connectivity index (χ0) is 18.4. The van der Waals surface area contributed by atoms with E-state index in [2.05, 4.69) is 35.0 Å². The van der Waals surface area contributed by atoms with E-state index in [1.54, 1.807) is 11.3 Å². The van der Waals surface area contributed by atoms with Gasteiger partial charge < -0.3 is 10.1 Å². The highest BCUT2D eigenvalue weighted by molar-refractivity contribution is 7.13. The molecule has 0 spiro atoms. The summed E-state index contributed by atoms with van der Waals surface area (Å²) in [4.78, 5) is 15.7. The van der Waals surface area contributed by atoms with Crippen LogP contribution in [0.4, 0.5) is 0 Å². The molecule has 1 aromatic heterocycles. The Morgan fingerprint density at radius 3 is 2.59 bits per heavy atom. The van der Waals surface area contributed by atoms with Gasteiger partial charge in [-0.1, -0.05) is 36.4 Å². The van der Waals surface area contributed by atoms with Crippen LogP contribution < -0.4 is 10.1 Å². The lowest BCUT2D eigenvalue weighted by Crippen LogP contribution is -2.22. The number of hydrogen-bond acceptors (Lipinski definition) is 4. The molecule has 4 nitrogen and oxygen atoms in total. The molecule has 6 heteroatoms. The maximum absolute atomic E-state index is 10.9. The summed E-state index contributed by atoms with van der Waals surface area (Å²) in [6.45, 7) is 4.81. The predicted octanol–water partition coefficient (Wildman–Crippen LogP) is 4.98. The summed E-state index contributed by atoms with van der Waals surface area (Å²) in [5.41, 5.74) is 4.27. The molecule has 1 heterocycles. The molecule has 1 N–H and O–H groups in total. The van der Waals surface area contributed by atoms with Gasteiger partial charge in [-0.25, -0.2) is 4.98 Å². The van der Waals surface area contributed by atoms with Crippen molar-refractivity contribution in [1.29, 1.82) is 0 Å². The molecule has 0 aliphatic carbocycles. The zero-order valence-electron chi connectivity index (χ0n) is 15.4. The first-order chi connectivity index (χ1) is 12.7. The number of halogens is 1. The van der Waals surface area contributed by atoms with Gasteiger partial charge in [0, 0.05) is 24.4 Å². The normalized spacial score (nSPS) is 10.1. The standard InChI is InChI=1S/C21H22N2O2S.ClH/c1-3-25-20-7-5-4-6-18(20)21-23-19(14-26-21)17-10-8-16(9-11-17)12-13-22-15(2)24;/h4-11,14H,3,12-13H2,1-2H3,(H,22,24);1H. The molecule has 142 valence electrons. The Labute approximate surface area is 170 Å². The van der Waals surface area contributed by atoms with Gasteiger partial charge in [-0.15, -0.1) is 23.7 Å². The highest BCUT2D eigenvalue weighted by Gasteiger charge is 2.11. The Morgan fingerprint density at radius 1 is 1.15 bits per heavy atom. The number of thiazole rings is 1. The Morgan fingerprint density at radius 2 is 1.89 bits per heavy atom. The van der Waals surface area contributed by atoms with Crippen LogP contribution in [0.25, 0.3) is 21.8 Å². The zero-order valence-corrected chi connectivity index (χ0v) is 17.0. The number of rotatable bonds is 7. The molecule has 27 heavy (non-hydrogen) atoms. The molecule has 2 aromatic carbocycles. The Hall–Kier alpha value is -2.37. The fourth-order valence-corrected chi connectivity index (χ4v) is 3.54. The van der Waals surface area contributed by atoms with Crippen molar-refractivity contribution in [3.05, 3.63) is 59.5 Å². The van der Waals surface area contributed by atoms with Crippen LogP contribution in [0, 0.1) is 0 Å². The van der Waals surface area contributed by atoms with Crippen molar-refractivity contribution in [3.8, 4) is 27.6 Å². The van der Waals surface area contributed by atoms with Crippen LogP contribution in [-0.2, 0) is 11.2 Å². The fourth-order valence-electron chi connectivity index (χ4n) is 2.68. The van der Waals surface area contributed by atoms with Crippen LogP contribution >= 0.6 is 23.7 Å². The summed E-state index contributed by atoms with van der Waals surface area (Å²) in [5, 5.41) is 5.85. The van der Waals surface area contributed by atoms with E-state index in [9.17, 15) is 4.79 Å². The maximum Gasteiger partial charge on any atom is 0.216 e. The Bertz CT molecular complexity index is 878. The van der Waals surface area contributed by atoms with Crippen LogP contribution in [0.3, 0.4) is 0 Å². The smallest absolute Gasteiger partial charge is 0.216 e. The Kier molecular flexibility index (Phi) is 7.82. The van der Waals surface area contributed by atoms with E-state index in [1.165, 1.54) is 12.5 Å². The minimum Gasteiger partial charge on any atom is -0.493 e. The highest BCUT2D eigenvalue weighted by Crippen LogP contribution is 2.34. The summed E-state index contributed by atoms with van der Waals surface area (Å²) < 4.78 is 5.71. The SMILES string of the molecule is CCOc1ccccc1-c1nc(-c2ccc(CCNC(C)=O)cc2)cs1.Cl. The van der Waals surface area contributed by atoms with Crippen molar-refractivity contribution in [2.45, 2.75) is 20.3 Å². The third kappa shape index (κ3) is 5.55. The fraction of sp³-hybridized carbons (Fsp3) is 0.238. The van der Waals surface area contributed by atoms with Crippen molar-refractivity contribution in [1.82, 2.24) is 10.3 Å². The number of aromatic nitrogens is 1. The average Bonchev–Trinajstić information content (AvgIpc) is 3.13. The molecule has 0 atom stereocenters. The quantitative estimate of drug-likeness (QED) is 0.606. The highest BCUT2D eigenvalue weighted by atomic mass is 35.5. The summed E-state index contributed by atoms with van der Waals surface area (Å²) in [6.07, 6.45) is 0.823. The molecule has 0 saturated carbocycles. The first-order valence-electron chi connectivity index (χ1n) is 8.69. The van der Waals surface area contributed by atoms with Crippen molar-refractivity contribution < 1.29 is 9.53 Å². The number of ether oxygens (including phenoxy) is 1. The van der Waals surface area contributed by atoms with Crippen LogP contribution in [0.2, 0.25) is 0 Å². The van der Waals surface area contributed by atoms with Crippen molar-refractivity contribution in [2.75, 3.05) is 13.2 Å². The van der Waals surface area contributed by atoms with Gasteiger partial charge in [0.1, 0.15) is 10.8 Å². The molecule has 0 fully saturated rings. The number of carbonyl (C=O) groups excluding carboxylic acids is 1. The Balaban J connectivity index is 0.00000261. The van der Waals surface area contributed by atoms with Crippen LogP contribution in [0.15, 0.2) is 53.9 Å². The summed E-state index contributed by atoms with van der Waals surface area (Å²) in [7, 11) is 0. The van der Waals surface area contributed by atoms with E-state index in [0.29, 0.717) is 13.2 Å². The van der Waals surface area contributed by atoms with E-state index in [0.717, 1.165) is 34.0 Å². The van der Waals surface area contributed by atoms with E-state index >= 15 is 0 Å². The first-order valence-corrected chi connectivity index (χ1v) is 9.57. The number of amides is 1. The molecule has 3 aromatic rings. The largest absolute Gasteiger partial charge is 0.493 e. The summed E-state index contributed by atoms with van der Waals surface area (Å²) >= 11 is 1.62. The molecule has 0 radical (unpaired) electrons. The van der Waals surface area contributed by atoms with Crippen LogP contribution in [0.1, 0.15) is 19.4 Å². The summed E-state index contributed by atoms with van der Waals surface area (Å²) in [6, 6.07) is 16.3. The maximum atomic E-state index is 10.9. The first kappa shape index (κ1) is 20.9. The van der Waals surface area contributed by atoms with Gasteiger partial charge in [-0.2, -0.15) is 0 Å². The average molecular weight is 403 g/mol. The van der Waals surface area contributed by atoms with Crippen molar-refractivity contribution >= 4 is 29.7 Å². The van der Waals surface area contributed by atoms with Gasteiger partial charge in [0.2, 0.25) is 5.91 Å². The number of para-hydroxylation sites is 1. The number of nitrogens with zero attached hydrogens (tertiary/aromatic N) is 1. The summed E-state index contributed by atoms with van der Waals surface area (Å²) in [5.74, 6) is 0.869. The molecule has 0 saturated heterocycles. The monoisotopic (exact) mass is 402 g/mol. The second-order valence-corrected chi connectivity index (χ2v) is 6.76. The number of carbonyl (C=O) groups is 1. The van der Waals surface area contributed by atoms with E-state index < -0.39 is 0 Å². The minimum atomic E-state index is 0. The third-order valence-corrected chi connectivity index (χ3v) is 4.83. The molecule has 0 aliphatic heterocycles. The number of nitrogens with one attached hydrogen (secondary N) is 1. The molecule has 3 rings (SSSR count). The van der Waals surface area contributed by atoms with Crippen molar-refractivity contribution in [3.63, 3.8) is 0 Å². The second kappa shape index (κ2) is 10.1. The van der Waals surface area contributed by atoms with Crippen LogP contribution in [-0.4, -0.2) is 24.0 Å². The predicted molar refractivity (Wildman–Crippen MR) is 114 cm³/mol. The molecular formula is C21H23ClN2O2S. The second-order valence-electron chi connectivity index (χ2n) is 5.90. The number of hydrogen-bond donors (Lipinski definition) is 1. The van der Waals surface area contributed by atoms with E-state index in [-0.39, 0.29) is 18.3 Å². The molecule has 0 unspecified atom stereocenters. The van der Waals surface area contributed by atoms with Crippen LogP contribution in [0.5, 0.6) is 5.75 Å². The van der Waals surface area contributed by atoms with Gasteiger partial charge in [-0.05, 0) is 31.0 Å².